The van der Waals surface area contributed by atoms with E-state index in [4.69, 9.17) is 5.11 Å². The molecule has 0 aliphatic rings. The summed E-state index contributed by atoms with van der Waals surface area (Å²) in [6.07, 6.45) is 3.31. The van der Waals surface area contributed by atoms with E-state index in [1.54, 1.807) is 12.4 Å². The van der Waals surface area contributed by atoms with E-state index in [1.165, 1.54) is 11.6 Å². The van der Waals surface area contributed by atoms with Crippen molar-refractivity contribution in [3.8, 4) is 11.4 Å². The highest BCUT2D eigenvalue weighted by Gasteiger charge is 2.20. The number of carbonyl (C=O) groups is 1. The number of hydrogen-bond donors (Lipinski definition) is 1. The van der Waals surface area contributed by atoms with E-state index < -0.39 is 12.0 Å². The number of rotatable bonds is 3. The number of carboxylic acids is 1. The molecule has 2 heterocycles. The largest absolute Gasteiger partial charge is 0.480 e. The number of pyridine rings is 1. The van der Waals surface area contributed by atoms with E-state index in [0.29, 0.717) is 11.4 Å². The third-order valence-corrected chi connectivity index (χ3v) is 2.35. The summed E-state index contributed by atoms with van der Waals surface area (Å²) in [4.78, 5) is 14.9. The van der Waals surface area contributed by atoms with Crippen LogP contribution in [0.15, 0.2) is 18.5 Å². The lowest BCUT2D eigenvalue weighted by Gasteiger charge is -2.08. The number of aliphatic carboxylic acids is 1. The molecule has 88 valence electrons. The summed E-state index contributed by atoms with van der Waals surface area (Å²) in [5.41, 5.74) is 1.66. The minimum absolute atomic E-state index is 0.399. The molecule has 7 heteroatoms. The van der Waals surface area contributed by atoms with Gasteiger partial charge in [0.15, 0.2) is 11.9 Å². The normalized spacial score (nSPS) is 12.4. The molecule has 0 aliphatic heterocycles. The minimum atomic E-state index is -0.987. The van der Waals surface area contributed by atoms with Crippen molar-refractivity contribution in [2.45, 2.75) is 19.9 Å². The van der Waals surface area contributed by atoms with Crippen LogP contribution in [0, 0.1) is 6.92 Å². The molecule has 0 saturated heterocycles. The van der Waals surface area contributed by atoms with Gasteiger partial charge >= 0.3 is 5.97 Å². The quantitative estimate of drug-likeness (QED) is 0.838. The summed E-state index contributed by atoms with van der Waals surface area (Å²) in [5, 5.41) is 20.0. The van der Waals surface area contributed by atoms with Gasteiger partial charge < -0.3 is 5.11 Å². The number of nitrogens with zero attached hydrogens (tertiary/aromatic N) is 5. The molecule has 0 amide bonds. The maximum Gasteiger partial charge on any atom is 0.328 e. The highest BCUT2D eigenvalue weighted by Crippen LogP contribution is 2.18. The van der Waals surface area contributed by atoms with Gasteiger partial charge in [-0.05, 0) is 35.9 Å². The van der Waals surface area contributed by atoms with Crippen LogP contribution in [0.25, 0.3) is 11.4 Å². The average molecular weight is 233 g/mol. The lowest BCUT2D eigenvalue weighted by atomic mass is 10.2. The maximum atomic E-state index is 10.9. The second-order valence-electron chi connectivity index (χ2n) is 3.71. The SMILES string of the molecule is Cc1cncc(-c2nnnn2C(C)C(=O)O)c1. The zero-order chi connectivity index (χ0) is 12.4. The Morgan fingerprint density at radius 3 is 2.88 bits per heavy atom. The number of aryl methyl sites for hydroxylation is 1. The highest BCUT2D eigenvalue weighted by atomic mass is 16.4. The smallest absolute Gasteiger partial charge is 0.328 e. The number of carboxylic acid groups (broad SMARTS) is 1. The summed E-state index contributed by atoms with van der Waals surface area (Å²) in [7, 11) is 0. The van der Waals surface area contributed by atoms with E-state index >= 15 is 0 Å². The fraction of sp³-hybridized carbons (Fsp3) is 0.300. The van der Waals surface area contributed by atoms with E-state index in [-0.39, 0.29) is 0 Å². The zero-order valence-electron chi connectivity index (χ0n) is 9.40. The van der Waals surface area contributed by atoms with Crippen LogP contribution in [0.1, 0.15) is 18.5 Å². The molecule has 1 atom stereocenters. The Morgan fingerprint density at radius 2 is 2.24 bits per heavy atom. The molecule has 1 N–H and O–H groups in total. The van der Waals surface area contributed by atoms with Crippen LogP contribution in [0.5, 0.6) is 0 Å². The standard InChI is InChI=1S/C10H11N5O2/c1-6-3-8(5-11-4-6)9-12-13-14-15(9)7(2)10(16)17/h3-5,7H,1-2H3,(H,16,17). The predicted octanol–water partition coefficient (Wildman–Crippen LogP) is 0.689. The Bertz CT molecular complexity index is 551. The lowest BCUT2D eigenvalue weighted by Crippen LogP contribution is -2.18. The molecular weight excluding hydrogens is 222 g/mol. The monoisotopic (exact) mass is 233 g/mol. The van der Waals surface area contributed by atoms with Gasteiger partial charge in [0.2, 0.25) is 0 Å². The Hall–Kier alpha value is -2.31. The van der Waals surface area contributed by atoms with Crippen molar-refractivity contribution < 1.29 is 9.90 Å². The van der Waals surface area contributed by atoms with Crippen molar-refractivity contribution in [2.75, 3.05) is 0 Å². The summed E-state index contributed by atoms with van der Waals surface area (Å²) in [6, 6.07) is 1.03. The molecule has 2 aromatic rings. The van der Waals surface area contributed by atoms with Crippen LogP contribution >= 0.6 is 0 Å². The van der Waals surface area contributed by atoms with Gasteiger partial charge in [-0.3, -0.25) is 4.98 Å². The summed E-state index contributed by atoms with van der Waals surface area (Å²) in [5.74, 6) is -0.588. The lowest BCUT2D eigenvalue weighted by molar-refractivity contribution is -0.140. The van der Waals surface area contributed by atoms with Crippen LogP contribution in [-0.2, 0) is 4.79 Å². The summed E-state index contributed by atoms with van der Waals surface area (Å²) < 4.78 is 1.26. The van der Waals surface area contributed by atoms with Gasteiger partial charge in [-0.15, -0.1) is 5.10 Å². The molecule has 1 unspecified atom stereocenters. The Labute approximate surface area is 97.1 Å². The Morgan fingerprint density at radius 1 is 1.47 bits per heavy atom. The zero-order valence-corrected chi connectivity index (χ0v) is 9.40. The molecule has 0 fully saturated rings. The van der Waals surface area contributed by atoms with Gasteiger partial charge in [-0.1, -0.05) is 0 Å². The second-order valence-corrected chi connectivity index (χ2v) is 3.71. The van der Waals surface area contributed by atoms with Crippen molar-refractivity contribution in [3.63, 3.8) is 0 Å². The predicted molar refractivity (Wildman–Crippen MR) is 58.1 cm³/mol. The van der Waals surface area contributed by atoms with Crippen LogP contribution in [0.4, 0.5) is 0 Å². The minimum Gasteiger partial charge on any atom is -0.480 e. The Kier molecular flexibility index (Phi) is 2.82. The first kappa shape index (κ1) is 11.2. The third kappa shape index (κ3) is 2.12. The van der Waals surface area contributed by atoms with E-state index in [9.17, 15) is 4.79 Å². The van der Waals surface area contributed by atoms with Crippen LogP contribution < -0.4 is 0 Å². The second kappa shape index (κ2) is 4.28. The van der Waals surface area contributed by atoms with E-state index in [2.05, 4.69) is 20.5 Å². The fourth-order valence-electron chi connectivity index (χ4n) is 1.43. The van der Waals surface area contributed by atoms with Crippen molar-refractivity contribution in [1.82, 2.24) is 25.2 Å². The first-order valence-corrected chi connectivity index (χ1v) is 5.02. The maximum absolute atomic E-state index is 10.9. The number of hydrogen-bond acceptors (Lipinski definition) is 5. The first-order valence-electron chi connectivity index (χ1n) is 5.02. The van der Waals surface area contributed by atoms with Crippen LogP contribution in [0.3, 0.4) is 0 Å². The first-order chi connectivity index (χ1) is 8.09. The van der Waals surface area contributed by atoms with E-state index in [1.807, 2.05) is 13.0 Å². The van der Waals surface area contributed by atoms with Crippen molar-refractivity contribution in [3.05, 3.63) is 24.0 Å². The van der Waals surface area contributed by atoms with Crippen LogP contribution in [-0.4, -0.2) is 36.3 Å². The molecule has 17 heavy (non-hydrogen) atoms. The van der Waals surface area contributed by atoms with Crippen molar-refractivity contribution in [1.29, 1.82) is 0 Å². The third-order valence-electron chi connectivity index (χ3n) is 2.35. The van der Waals surface area contributed by atoms with Gasteiger partial charge in [0.1, 0.15) is 0 Å². The molecule has 0 bridgehead atoms. The van der Waals surface area contributed by atoms with Crippen LogP contribution in [0.2, 0.25) is 0 Å². The molecule has 7 nitrogen and oxygen atoms in total. The molecule has 2 rings (SSSR count). The number of tetrazole rings is 1. The average Bonchev–Trinajstić information content (AvgIpc) is 2.76. The molecule has 0 aliphatic carbocycles. The Balaban J connectivity index is 2.47. The fourth-order valence-corrected chi connectivity index (χ4v) is 1.43. The van der Waals surface area contributed by atoms with Gasteiger partial charge in [0.05, 0.1) is 0 Å². The summed E-state index contributed by atoms with van der Waals surface area (Å²) >= 11 is 0. The highest BCUT2D eigenvalue weighted by molar-refractivity contribution is 5.72. The van der Waals surface area contributed by atoms with Crippen molar-refractivity contribution >= 4 is 5.97 Å². The molecule has 0 saturated carbocycles. The molecule has 2 aromatic heterocycles. The molecule has 0 radical (unpaired) electrons. The van der Waals surface area contributed by atoms with Gasteiger partial charge in [0, 0.05) is 18.0 Å². The molecule has 0 spiro atoms. The topological polar surface area (TPSA) is 93.8 Å². The number of aromatic nitrogens is 5. The van der Waals surface area contributed by atoms with Crippen molar-refractivity contribution in [2.24, 2.45) is 0 Å². The van der Waals surface area contributed by atoms with Gasteiger partial charge in [-0.25, -0.2) is 9.48 Å². The van der Waals surface area contributed by atoms with Gasteiger partial charge in [0.25, 0.3) is 0 Å². The van der Waals surface area contributed by atoms with Gasteiger partial charge in [-0.2, -0.15) is 0 Å². The summed E-state index contributed by atoms with van der Waals surface area (Å²) in [6.45, 7) is 3.41. The molecular formula is C10H11N5O2. The molecule has 0 aromatic carbocycles. The van der Waals surface area contributed by atoms with E-state index in [0.717, 1.165) is 5.56 Å².